The van der Waals surface area contributed by atoms with E-state index in [1.54, 1.807) is 55.4 Å². The van der Waals surface area contributed by atoms with Crippen molar-refractivity contribution in [1.82, 2.24) is 21.3 Å². The molecule has 0 fully saturated rings. The number of hydrogen-bond acceptors (Lipinski definition) is 13. The molecule has 0 saturated heterocycles. The highest BCUT2D eigenvalue weighted by Crippen LogP contribution is 2.13. The summed E-state index contributed by atoms with van der Waals surface area (Å²) in [6, 6.07) is -4.58. The second-order valence-electron chi connectivity index (χ2n) is 12.4. The molecular formula is C29H50N4O12S. The molecule has 0 unspecified atom stereocenters. The van der Waals surface area contributed by atoms with Gasteiger partial charge in [-0.3, -0.25) is 9.59 Å². The SMILES string of the molecule is COC(=O)[C@H](CSC[C@@H](NC(=O)CC[C@@H](NC(=O)[C@@H](NC(=O)OC(C)(C)C)C(C)C)C(=O)OC)C(=O)OC)NC(=O)OC(C)(C)C. The van der Waals surface area contributed by atoms with E-state index in [9.17, 15) is 33.6 Å². The van der Waals surface area contributed by atoms with Crippen LogP contribution in [-0.4, -0.2) is 110 Å². The predicted octanol–water partition coefficient (Wildman–Crippen LogP) is 1.43. The van der Waals surface area contributed by atoms with Crippen molar-refractivity contribution in [3.8, 4) is 0 Å². The molecule has 0 aromatic heterocycles. The van der Waals surface area contributed by atoms with Crippen LogP contribution in [-0.2, 0) is 47.7 Å². The molecular weight excluding hydrogens is 628 g/mol. The molecule has 0 aromatic rings. The molecule has 16 nitrogen and oxygen atoms in total. The number of carbonyl (C=O) groups is 7. The van der Waals surface area contributed by atoms with Crippen LogP contribution >= 0.6 is 11.8 Å². The van der Waals surface area contributed by atoms with Gasteiger partial charge in [-0.15, -0.1) is 0 Å². The van der Waals surface area contributed by atoms with E-state index in [0.717, 1.165) is 33.1 Å². The lowest BCUT2D eigenvalue weighted by molar-refractivity contribution is -0.146. The monoisotopic (exact) mass is 678 g/mol. The second-order valence-corrected chi connectivity index (χ2v) is 13.5. The minimum absolute atomic E-state index is 0.0277. The van der Waals surface area contributed by atoms with Gasteiger partial charge in [0.2, 0.25) is 11.8 Å². The first kappa shape index (κ1) is 42.2. The first-order valence-electron chi connectivity index (χ1n) is 14.5. The van der Waals surface area contributed by atoms with Gasteiger partial charge in [-0.2, -0.15) is 11.8 Å². The summed E-state index contributed by atoms with van der Waals surface area (Å²) in [5.74, 6) is -4.15. The smallest absolute Gasteiger partial charge is 0.408 e. The molecule has 0 aliphatic heterocycles. The van der Waals surface area contributed by atoms with Gasteiger partial charge in [0.25, 0.3) is 0 Å². The van der Waals surface area contributed by atoms with Gasteiger partial charge in [0.1, 0.15) is 35.4 Å². The fourth-order valence-corrected chi connectivity index (χ4v) is 4.59. The lowest BCUT2D eigenvalue weighted by atomic mass is 10.0. The maximum absolute atomic E-state index is 13.0. The fraction of sp³-hybridized carbons (Fsp3) is 0.759. The highest BCUT2D eigenvalue weighted by Gasteiger charge is 2.32. The molecule has 4 atom stereocenters. The van der Waals surface area contributed by atoms with Crippen molar-refractivity contribution in [3.05, 3.63) is 0 Å². The fourth-order valence-electron chi connectivity index (χ4n) is 3.54. The molecule has 0 spiro atoms. The Morgan fingerprint density at radius 2 is 1.02 bits per heavy atom. The Bertz CT molecular complexity index is 1070. The Balaban J connectivity index is 5.40. The number of methoxy groups -OCH3 is 3. The van der Waals surface area contributed by atoms with Crippen LogP contribution in [0.2, 0.25) is 0 Å². The molecule has 4 N–H and O–H groups in total. The molecule has 46 heavy (non-hydrogen) atoms. The first-order chi connectivity index (χ1) is 21.1. The third-order valence-electron chi connectivity index (χ3n) is 5.65. The van der Waals surface area contributed by atoms with Gasteiger partial charge in [-0.05, 0) is 53.9 Å². The van der Waals surface area contributed by atoms with Crippen molar-refractivity contribution in [2.45, 2.75) is 104 Å². The maximum Gasteiger partial charge on any atom is 0.408 e. The van der Waals surface area contributed by atoms with Crippen molar-refractivity contribution in [1.29, 1.82) is 0 Å². The van der Waals surface area contributed by atoms with Crippen molar-refractivity contribution in [2.24, 2.45) is 5.92 Å². The van der Waals surface area contributed by atoms with Crippen LogP contribution in [0.15, 0.2) is 0 Å². The van der Waals surface area contributed by atoms with E-state index in [4.69, 9.17) is 23.7 Å². The zero-order valence-corrected chi connectivity index (χ0v) is 29.3. The van der Waals surface area contributed by atoms with Crippen molar-refractivity contribution >= 4 is 53.7 Å². The van der Waals surface area contributed by atoms with Gasteiger partial charge >= 0.3 is 30.1 Å². The van der Waals surface area contributed by atoms with Gasteiger partial charge < -0.3 is 45.0 Å². The van der Waals surface area contributed by atoms with Crippen LogP contribution in [0.4, 0.5) is 9.59 Å². The Kier molecular flexibility index (Phi) is 18.1. The summed E-state index contributed by atoms with van der Waals surface area (Å²) < 4.78 is 24.7. The molecule has 4 amide bonds. The van der Waals surface area contributed by atoms with E-state index in [1.807, 2.05) is 0 Å². The number of esters is 3. The van der Waals surface area contributed by atoms with Gasteiger partial charge in [-0.25, -0.2) is 24.0 Å². The third-order valence-corrected chi connectivity index (χ3v) is 6.79. The summed E-state index contributed by atoms with van der Waals surface area (Å²) in [7, 11) is 3.40. The van der Waals surface area contributed by atoms with Crippen molar-refractivity contribution in [2.75, 3.05) is 32.8 Å². The number of alkyl carbamates (subject to hydrolysis) is 2. The quantitative estimate of drug-likeness (QED) is 0.135. The molecule has 0 aliphatic rings. The van der Waals surface area contributed by atoms with Crippen LogP contribution in [0.3, 0.4) is 0 Å². The van der Waals surface area contributed by atoms with Crippen molar-refractivity contribution < 1.29 is 57.2 Å². The van der Waals surface area contributed by atoms with Gasteiger partial charge in [-0.1, -0.05) is 13.8 Å². The van der Waals surface area contributed by atoms with E-state index in [-0.39, 0.29) is 30.3 Å². The third kappa shape index (κ3) is 17.7. The number of ether oxygens (including phenoxy) is 5. The molecule has 0 radical (unpaired) electrons. The molecule has 0 saturated carbocycles. The molecule has 0 heterocycles. The lowest BCUT2D eigenvalue weighted by Gasteiger charge is -2.26. The van der Waals surface area contributed by atoms with Crippen LogP contribution in [0.5, 0.6) is 0 Å². The van der Waals surface area contributed by atoms with E-state index >= 15 is 0 Å². The maximum atomic E-state index is 13.0. The molecule has 0 aliphatic carbocycles. The van der Waals surface area contributed by atoms with Crippen LogP contribution < -0.4 is 21.3 Å². The Morgan fingerprint density at radius 3 is 1.43 bits per heavy atom. The van der Waals surface area contributed by atoms with Crippen LogP contribution in [0, 0.1) is 5.92 Å². The average molecular weight is 679 g/mol. The summed E-state index contributed by atoms with van der Waals surface area (Å²) >= 11 is 1.05. The summed E-state index contributed by atoms with van der Waals surface area (Å²) in [6.07, 6.45) is -2.17. The number of amides is 4. The number of thioether (sulfide) groups is 1. The number of hydrogen-bond donors (Lipinski definition) is 4. The average Bonchev–Trinajstić information content (AvgIpc) is 2.93. The summed E-state index contributed by atoms with van der Waals surface area (Å²) in [5, 5.41) is 9.91. The minimum Gasteiger partial charge on any atom is -0.467 e. The normalized spacial score (nSPS) is 14.0. The topological polar surface area (TPSA) is 214 Å². The van der Waals surface area contributed by atoms with E-state index in [1.165, 1.54) is 0 Å². The summed E-state index contributed by atoms with van der Waals surface area (Å²) in [4.78, 5) is 87.3. The highest BCUT2D eigenvalue weighted by molar-refractivity contribution is 7.99. The minimum atomic E-state index is -1.25. The van der Waals surface area contributed by atoms with Gasteiger partial charge in [0.15, 0.2) is 0 Å². The van der Waals surface area contributed by atoms with Gasteiger partial charge in [0, 0.05) is 17.9 Å². The molecule has 0 rings (SSSR count). The van der Waals surface area contributed by atoms with Crippen LogP contribution in [0.1, 0.15) is 68.2 Å². The van der Waals surface area contributed by atoms with Gasteiger partial charge in [0.05, 0.1) is 21.3 Å². The number of rotatable bonds is 16. The number of carbonyl (C=O) groups excluding carboxylic acids is 7. The molecule has 0 aromatic carbocycles. The first-order valence-corrected chi connectivity index (χ1v) is 15.7. The second kappa shape index (κ2) is 19.7. The molecule has 264 valence electrons. The zero-order valence-electron chi connectivity index (χ0n) is 28.5. The predicted molar refractivity (Wildman–Crippen MR) is 168 cm³/mol. The molecule has 0 bridgehead atoms. The Hall–Kier alpha value is -3.76. The van der Waals surface area contributed by atoms with Crippen molar-refractivity contribution in [3.63, 3.8) is 0 Å². The Labute approximate surface area is 274 Å². The molecule has 17 heteroatoms. The lowest BCUT2D eigenvalue weighted by Crippen LogP contribution is -2.54. The highest BCUT2D eigenvalue weighted by atomic mass is 32.2. The largest absolute Gasteiger partial charge is 0.467 e. The summed E-state index contributed by atoms with van der Waals surface area (Å²) in [5.41, 5.74) is -1.61. The van der Waals surface area contributed by atoms with E-state index in [2.05, 4.69) is 21.3 Å². The zero-order chi connectivity index (χ0) is 35.8. The van der Waals surface area contributed by atoms with Crippen LogP contribution in [0.25, 0.3) is 0 Å². The van der Waals surface area contributed by atoms with E-state index < -0.39 is 77.3 Å². The summed E-state index contributed by atoms with van der Waals surface area (Å²) in [6.45, 7) is 13.4. The standard InChI is InChI=1S/C29H50N4O12S/c1-16(2)21(33-27(40)45-29(6,7)8)22(35)31-17(23(36)41-9)12-13-20(34)30-18(24(37)42-10)14-46-15-19(25(38)43-11)32-26(39)44-28(3,4)5/h16-19,21H,12-15H2,1-11H3,(H,30,34)(H,31,35)(H,32,39)(H,33,40)/t17-,18-,19+,21+/m1/s1. The Morgan fingerprint density at radius 1 is 0.609 bits per heavy atom. The van der Waals surface area contributed by atoms with E-state index in [0.29, 0.717) is 0 Å². The number of nitrogens with one attached hydrogen (secondary N) is 4.